The second-order valence-corrected chi connectivity index (χ2v) is 5.75. The van der Waals surface area contributed by atoms with E-state index in [0.717, 1.165) is 24.2 Å². The number of anilines is 2. The Bertz CT molecular complexity index is 705. The van der Waals surface area contributed by atoms with E-state index in [1.807, 2.05) is 13.0 Å². The molecule has 1 aliphatic heterocycles. The van der Waals surface area contributed by atoms with Gasteiger partial charge in [-0.15, -0.1) is 0 Å². The number of aryl methyl sites for hydroxylation is 1. The summed E-state index contributed by atoms with van der Waals surface area (Å²) in [4.78, 5) is 10.6. The number of nitrogen functional groups attached to an aromatic ring is 1. The SMILES string of the molecule is COc1ccc(F)cc1C1COCCCN1c1cc(C)nc(N)n1. The molecule has 0 aliphatic carbocycles. The molecule has 24 heavy (non-hydrogen) atoms. The third kappa shape index (κ3) is 3.41. The highest BCUT2D eigenvalue weighted by atomic mass is 19.1. The molecule has 0 radical (unpaired) electrons. The van der Waals surface area contributed by atoms with E-state index in [4.69, 9.17) is 15.2 Å². The lowest BCUT2D eigenvalue weighted by molar-refractivity contribution is 0.133. The van der Waals surface area contributed by atoms with Crippen molar-refractivity contribution in [3.8, 4) is 5.75 Å². The molecule has 1 fully saturated rings. The van der Waals surface area contributed by atoms with Crippen molar-refractivity contribution in [2.75, 3.05) is 37.5 Å². The Kier molecular flexibility index (Phi) is 4.80. The zero-order chi connectivity index (χ0) is 17.1. The van der Waals surface area contributed by atoms with Crippen LogP contribution in [0.25, 0.3) is 0 Å². The highest BCUT2D eigenvalue weighted by Gasteiger charge is 2.28. The average Bonchev–Trinajstić information content (AvgIpc) is 2.79. The highest BCUT2D eigenvalue weighted by molar-refractivity contribution is 5.49. The van der Waals surface area contributed by atoms with Gasteiger partial charge in [0.05, 0.1) is 19.8 Å². The van der Waals surface area contributed by atoms with Crippen molar-refractivity contribution in [1.82, 2.24) is 9.97 Å². The molecule has 128 valence electrons. The van der Waals surface area contributed by atoms with Gasteiger partial charge in [0.1, 0.15) is 17.4 Å². The van der Waals surface area contributed by atoms with Crippen LogP contribution in [0.5, 0.6) is 5.75 Å². The fraction of sp³-hybridized carbons (Fsp3) is 0.412. The van der Waals surface area contributed by atoms with Gasteiger partial charge >= 0.3 is 0 Å². The monoisotopic (exact) mass is 332 g/mol. The van der Waals surface area contributed by atoms with Crippen LogP contribution in [0.1, 0.15) is 23.7 Å². The first kappa shape index (κ1) is 16.4. The van der Waals surface area contributed by atoms with Crippen LogP contribution in [-0.4, -0.2) is 36.8 Å². The lowest BCUT2D eigenvalue weighted by atomic mass is 10.0. The van der Waals surface area contributed by atoms with Gasteiger partial charge in [-0.25, -0.2) is 9.37 Å². The van der Waals surface area contributed by atoms with Gasteiger partial charge in [-0.3, -0.25) is 0 Å². The molecule has 1 aromatic heterocycles. The number of benzene rings is 1. The van der Waals surface area contributed by atoms with Crippen molar-refractivity contribution >= 4 is 11.8 Å². The third-order valence-electron chi connectivity index (χ3n) is 4.04. The number of halogens is 1. The Balaban J connectivity index is 2.06. The van der Waals surface area contributed by atoms with E-state index in [0.29, 0.717) is 24.8 Å². The summed E-state index contributed by atoms with van der Waals surface area (Å²) in [6, 6.07) is 6.17. The maximum absolute atomic E-state index is 13.8. The lowest BCUT2D eigenvalue weighted by Crippen LogP contribution is -2.32. The van der Waals surface area contributed by atoms with E-state index >= 15 is 0 Å². The molecule has 3 rings (SSSR count). The summed E-state index contributed by atoms with van der Waals surface area (Å²) in [5.41, 5.74) is 7.32. The lowest BCUT2D eigenvalue weighted by Gasteiger charge is -2.31. The van der Waals surface area contributed by atoms with Crippen molar-refractivity contribution in [3.05, 3.63) is 41.3 Å². The van der Waals surface area contributed by atoms with Gasteiger partial charge in [0.2, 0.25) is 5.95 Å². The molecular weight excluding hydrogens is 311 g/mol. The summed E-state index contributed by atoms with van der Waals surface area (Å²) in [7, 11) is 1.57. The van der Waals surface area contributed by atoms with Gasteiger partial charge in [-0.1, -0.05) is 0 Å². The van der Waals surface area contributed by atoms with E-state index in [2.05, 4.69) is 14.9 Å². The molecule has 2 N–H and O–H groups in total. The van der Waals surface area contributed by atoms with Crippen LogP contribution < -0.4 is 15.4 Å². The molecule has 1 saturated heterocycles. The summed E-state index contributed by atoms with van der Waals surface area (Å²) in [6.45, 7) is 3.65. The van der Waals surface area contributed by atoms with Gasteiger partial charge in [0, 0.05) is 30.5 Å². The zero-order valence-electron chi connectivity index (χ0n) is 13.8. The number of nitrogens with two attached hydrogens (primary N) is 1. The van der Waals surface area contributed by atoms with E-state index in [9.17, 15) is 4.39 Å². The number of nitrogens with zero attached hydrogens (tertiary/aromatic N) is 3. The van der Waals surface area contributed by atoms with Crippen molar-refractivity contribution < 1.29 is 13.9 Å². The molecule has 1 aromatic carbocycles. The van der Waals surface area contributed by atoms with E-state index in [-0.39, 0.29) is 17.8 Å². The Labute approximate surface area is 140 Å². The van der Waals surface area contributed by atoms with Crippen molar-refractivity contribution in [2.45, 2.75) is 19.4 Å². The van der Waals surface area contributed by atoms with Crippen molar-refractivity contribution in [2.24, 2.45) is 0 Å². The van der Waals surface area contributed by atoms with Crippen LogP contribution in [0.3, 0.4) is 0 Å². The first-order valence-electron chi connectivity index (χ1n) is 7.87. The number of rotatable bonds is 3. The maximum atomic E-state index is 13.8. The van der Waals surface area contributed by atoms with Gasteiger partial charge in [-0.05, 0) is 31.5 Å². The van der Waals surface area contributed by atoms with Gasteiger partial charge in [-0.2, -0.15) is 4.98 Å². The summed E-state index contributed by atoms with van der Waals surface area (Å²) in [5.74, 6) is 1.24. The number of hydrogen-bond donors (Lipinski definition) is 1. The summed E-state index contributed by atoms with van der Waals surface area (Å²) in [6.07, 6.45) is 0.844. The zero-order valence-corrected chi connectivity index (χ0v) is 13.8. The molecule has 1 atom stereocenters. The number of ether oxygens (including phenoxy) is 2. The van der Waals surface area contributed by atoms with Crippen LogP contribution in [-0.2, 0) is 4.74 Å². The predicted octanol–water partition coefficient (Wildman–Crippen LogP) is 2.48. The fourth-order valence-electron chi connectivity index (χ4n) is 3.00. The van der Waals surface area contributed by atoms with Crippen LogP contribution in [0.15, 0.2) is 24.3 Å². The molecular formula is C17H21FN4O2. The average molecular weight is 332 g/mol. The first-order chi connectivity index (χ1) is 11.6. The normalized spacial score (nSPS) is 18.3. The van der Waals surface area contributed by atoms with Gasteiger partial charge in [0.15, 0.2) is 0 Å². The number of methoxy groups -OCH3 is 1. The van der Waals surface area contributed by atoms with E-state index in [1.54, 1.807) is 13.2 Å². The van der Waals surface area contributed by atoms with Crippen molar-refractivity contribution in [1.29, 1.82) is 0 Å². The van der Waals surface area contributed by atoms with Crippen LogP contribution >= 0.6 is 0 Å². The smallest absolute Gasteiger partial charge is 0.222 e. The molecule has 0 spiro atoms. The molecule has 2 heterocycles. The minimum atomic E-state index is -0.312. The predicted molar refractivity (Wildman–Crippen MR) is 89.7 cm³/mol. The molecule has 2 aromatic rings. The summed E-state index contributed by atoms with van der Waals surface area (Å²) in [5, 5.41) is 0. The Morgan fingerprint density at radius 1 is 1.33 bits per heavy atom. The maximum Gasteiger partial charge on any atom is 0.222 e. The van der Waals surface area contributed by atoms with E-state index < -0.39 is 0 Å². The minimum absolute atomic E-state index is 0.216. The summed E-state index contributed by atoms with van der Waals surface area (Å²) < 4.78 is 25.0. The molecule has 7 heteroatoms. The topological polar surface area (TPSA) is 73.5 Å². The van der Waals surface area contributed by atoms with Crippen LogP contribution in [0.4, 0.5) is 16.2 Å². The Morgan fingerprint density at radius 2 is 2.17 bits per heavy atom. The molecule has 0 amide bonds. The third-order valence-corrected chi connectivity index (χ3v) is 4.04. The van der Waals surface area contributed by atoms with Gasteiger partial charge in [0.25, 0.3) is 0 Å². The van der Waals surface area contributed by atoms with Crippen LogP contribution in [0.2, 0.25) is 0 Å². The molecule has 6 nitrogen and oxygen atoms in total. The van der Waals surface area contributed by atoms with Crippen LogP contribution in [0, 0.1) is 12.7 Å². The molecule has 0 bridgehead atoms. The quantitative estimate of drug-likeness (QED) is 0.931. The van der Waals surface area contributed by atoms with Crippen molar-refractivity contribution in [3.63, 3.8) is 0 Å². The minimum Gasteiger partial charge on any atom is -0.496 e. The summed E-state index contributed by atoms with van der Waals surface area (Å²) >= 11 is 0. The Morgan fingerprint density at radius 3 is 2.92 bits per heavy atom. The second-order valence-electron chi connectivity index (χ2n) is 5.75. The fourth-order valence-corrected chi connectivity index (χ4v) is 3.00. The highest BCUT2D eigenvalue weighted by Crippen LogP contribution is 2.34. The van der Waals surface area contributed by atoms with E-state index in [1.165, 1.54) is 12.1 Å². The molecule has 1 aliphatic rings. The number of hydrogen-bond acceptors (Lipinski definition) is 6. The second kappa shape index (κ2) is 7.00. The van der Waals surface area contributed by atoms with Gasteiger partial charge < -0.3 is 20.1 Å². The largest absolute Gasteiger partial charge is 0.496 e. The molecule has 0 saturated carbocycles. The molecule has 1 unspecified atom stereocenters. The number of aromatic nitrogens is 2. The standard InChI is InChI=1S/C17H21FN4O2/c1-11-8-16(21-17(19)20-11)22-6-3-7-24-10-14(22)13-9-12(18)4-5-15(13)23-2/h4-5,8-9,14H,3,6-7,10H2,1-2H3,(H2,19,20,21). The first-order valence-corrected chi connectivity index (χ1v) is 7.87. The Hall–Kier alpha value is -2.41.